The zero-order valence-electron chi connectivity index (χ0n) is 9.43. The average Bonchev–Trinajstić information content (AvgIpc) is 2.96. The SMILES string of the molecule is NCCc1nnc(N2CCc3sccc3C2)o1. The van der Waals surface area contributed by atoms with E-state index in [1.165, 1.54) is 10.4 Å². The molecule has 90 valence electrons. The first-order valence-corrected chi connectivity index (χ1v) is 6.57. The summed E-state index contributed by atoms with van der Waals surface area (Å²) in [5.74, 6) is 0.624. The molecule has 3 rings (SSSR count). The molecule has 0 amide bonds. The second-order valence-corrected chi connectivity index (χ2v) is 5.06. The molecule has 6 heteroatoms. The summed E-state index contributed by atoms with van der Waals surface area (Å²) in [6.45, 7) is 2.34. The van der Waals surface area contributed by atoms with Gasteiger partial charge in [-0.15, -0.1) is 16.4 Å². The van der Waals surface area contributed by atoms with E-state index in [-0.39, 0.29) is 0 Å². The fourth-order valence-electron chi connectivity index (χ4n) is 2.01. The first-order chi connectivity index (χ1) is 8.36. The fourth-order valence-corrected chi connectivity index (χ4v) is 2.90. The molecule has 0 spiro atoms. The van der Waals surface area contributed by atoms with Crippen LogP contribution in [-0.2, 0) is 19.4 Å². The quantitative estimate of drug-likeness (QED) is 0.886. The van der Waals surface area contributed by atoms with E-state index in [2.05, 4.69) is 26.5 Å². The van der Waals surface area contributed by atoms with E-state index in [0.29, 0.717) is 24.9 Å². The molecule has 0 saturated heterocycles. The summed E-state index contributed by atoms with van der Waals surface area (Å²) in [5.41, 5.74) is 6.83. The molecule has 2 aromatic heterocycles. The van der Waals surface area contributed by atoms with Crippen LogP contribution in [0.4, 0.5) is 6.01 Å². The van der Waals surface area contributed by atoms with Gasteiger partial charge in [0.2, 0.25) is 5.89 Å². The van der Waals surface area contributed by atoms with Crippen molar-refractivity contribution in [3.05, 3.63) is 27.8 Å². The summed E-state index contributed by atoms with van der Waals surface area (Å²) in [4.78, 5) is 3.60. The lowest BCUT2D eigenvalue weighted by Crippen LogP contribution is -2.29. The second kappa shape index (κ2) is 4.46. The van der Waals surface area contributed by atoms with Crippen molar-refractivity contribution in [2.45, 2.75) is 19.4 Å². The molecule has 0 radical (unpaired) electrons. The van der Waals surface area contributed by atoms with Crippen LogP contribution in [0.1, 0.15) is 16.3 Å². The third-order valence-corrected chi connectivity index (χ3v) is 3.92. The highest BCUT2D eigenvalue weighted by molar-refractivity contribution is 7.10. The average molecular weight is 250 g/mol. The van der Waals surface area contributed by atoms with Gasteiger partial charge in [-0.3, -0.25) is 0 Å². The lowest BCUT2D eigenvalue weighted by Gasteiger charge is -2.24. The predicted octanol–water partition coefficient (Wildman–Crippen LogP) is 1.19. The van der Waals surface area contributed by atoms with Gasteiger partial charge < -0.3 is 15.1 Å². The molecule has 1 aliphatic heterocycles. The first-order valence-electron chi connectivity index (χ1n) is 5.69. The van der Waals surface area contributed by atoms with Crippen molar-refractivity contribution in [1.82, 2.24) is 10.2 Å². The van der Waals surface area contributed by atoms with Gasteiger partial charge in [-0.05, 0) is 23.4 Å². The molecule has 2 N–H and O–H groups in total. The van der Waals surface area contributed by atoms with Crippen molar-refractivity contribution < 1.29 is 4.42 Å². The normalized spacial score (nSPS) is 15.0. The summed E-state index contributed by atoms with van der Waals surface area (Å²) >= 11 is 1.83. The van der Waals surface area contributed by atoms with Crippen LogP contribution in [0.15, 0.2) is 15.9 Å². The Bertz CT molecular complexity index is 507. The molecule has 0 bridgehead atoms. The molecule has 0 saturated carbocycles. The molecule has 0 fully saturated rings. The maximum absolute atomic E-state index is 5.58. The maximum atomic E-state index is 5.58. The van der Waals surface area contributed by atoms with Gasteiger partial charge in [-0.25, -0.2) is 0 Å². The minimum atomic E-state index is 0.538. The van der Waals surface area contributed by atoms with Crippen molar-refractivity contribution in [3.8, 4) is 0 Å². The van der Waals surface area contributed by atoms with E-state index in [1.807, 2.05) is 11.3 Å². The van der Waals surface area contributed by atoms with Gasteiger partial charge >= 0.3 is 6.01 Å². The molecule has 5 nitrogen and oxygen atoms in total. The molecule has 0 aliphatic carbocycles. The molecule has 0 atom stereocenters. The van der Waals surface area contributed by atoms with Crippen LogP contribution < -0.4 is 10.6 Å². The minimum absolute atomic E-state index is 0.538. The highest BCUT2D eigenvalue weighted by Gasteiger charge is 2.21. The molecule has 2 aromatic rings. The number of rotatable bonds is 3. The van der Waals surface area contributed by atoms with Crippen LogP contribution in [0.3, 0.4) is 0 Å². The Balaban J connectivity index is 1.77. The van der Waals surface area contributed by atoms with Crippen molar-refractivity contribution in [1.29, 1.82) is 0 Å². The van der Waals surface area contributed by atoms with E-state index in [4.69, 9.17) is 10.2 Å². The minimum Gasteiger partial charge on any atom is -0.408 e. The Morgan fingerprint density at radius 1 is 1.47 bits per heavy atom. The van der Waals surface area contributed by atoms with Crippen molar-refractivity contribution in [2.24, 2.45) is 5.73 Å². The van der Waals surface area contributed by atoms with Crippen molar-refractivity contribution in [3.63, 3.8) is 0 Å². The number of hydrogen-bond donors (Lipinski definition) is 1. The smallest absolute Gasteiger partial charge is 0.318 e. The van der Waals surface area contributed by atoms with Crippen molar-refractivity contribution in [2.75, 3.05) is 18.0 Å². The number of nitrogens with two attached hydrogens (primary N) is 1. The topological polar surface area (TPSA) is 68.2 Å². The standard InChI is InChI=1S/C11H14N4OS/c12-4-1-10-13-14-11(16-10)15-5-2-9-8(7-15)3-6-17-9/h3,6H,1-2,4-5,7,12H2. The second-order valence-electron chi connectivity index (χ2n) is 4.06. The Hall–Kier alpha value is -1.40. The van der Waals surface area contributed by atoms with Gasteiger partial charge in [0, 0.05) is 30.9 Å². The monoisotopic (exact) mass is 250 g/mol. The largest absolute Gasteiger partial charge is 0.408 e. The predicted molar refractivity (Wildman–Crippen MR) is 66.1 cm³/mol. The van der Waals surface area contributed by atoms with E-state index in [9.17, 15) is 0 Å². The zero-order chi connectivity index (χ0) is 11.7. The van der Waals surface area contributed by atoms with Crippen LogP contribution in [0.2, 0.25) is 0 Å². The van der Waals surface area contributed by atoms with E-state index >= 15 is 0 Å². The van der Waals surface area contributed by atoms with Crippen LogP contribution in [0, 0.1) is 0 Å². The molecule has 17 heavy (non-hydrogen) atoms. The Morgan fingerprint density at radius 2 is 2.41 bits per heavy atom. The summed E-state index contributed by atoms with van der Waals surface area (Å²) < 4.78 is 5.58. The van der Waals surface area contributed by atoms with Crippen LogP contribution in [0.25, 0.3) is 0 Å². The Kier molecular flexibility index (Phi) is 2.82. The zero-order valence-corrected chi connectivity index (χ0v) is 10.2. The number of thiophene rings is 1. The van der Waals surface area contributed by atoms with Gasteiger partial charge in [-0.2, -0.15) is 0 Å². The number of anilines is 1. The summed E-state index contributed by atoms with van der Waals surface area (Å²) in [6.07, 6.45) is 1.70. The number of hydrogen-bond acceptors (Lipinski definition) is 6. The molecule has 0 aromatic carbocycles. The highest BCUT2D eigenvalue weighted by Crippen LogP contribution is 2.26. The maximum Gasteiger partial charge on any atom is 0.318 e. The summed E-state index contributed by atoms with van der Waals surface area (Å²) in [6, 6.07) is 2.79. The fraction of sp³-hybridized carbons (Fsp3) is 0.455. The highest BCUT2D eigenvalue weighted by atomic mass is 32.1. The summed E-state index contributed by atoms with van der Waals surface area (Å²) in [7, 11) is 0. The van der Waals surface area contributed by atoms with E-state index < -0.39 is 0 Å². The van der Waals surface area contributed by atoms with Crippen LogP contribution in [0.5, 0.6) is 0 Å². The molecule has 3 heterocycles. The summed E-state index contributed by atoms with van der Waals surface area (Å²) in [5, 5.41) is 10.2. The number of nitrogens with zero attached hydrogens (tertiary/aromatic N) is 3. The van der Waals surface area contributed by atoms with Gasteiger partial charge in [-0.1, -0.05) is 5.10 Å². The molecular formula is C11H14N4OS. The van der Waals surface area contributed by atoms with E-state index in [0.717, 1.165) is 19.5 Å². The molecule has 1 aliphatic rings. The third kappa shape index (κ3) is 2.05. The van der Waals surface area contributed by atoms with Gasteiger partial charge in [0.05, 0.1) is 0 Å². The molecule has 0 unspecified atom stereocenters. The first kappa shape index (κ1) is 10.7. The van der Waals surface area contributed by atoms with Crippen molar-refractivity contribution >= 4 is 17.4 Å². The lowest BCUT2D eigenvalue weighted by molar-refractivity contribution is 0.479. The number of fused-ring (bicyclic) bond motifs is 1. The molecular weight excluding hydrogens is 236 g/mol. The number of aromatic nitrogens is 2. The third-order valence-electron chi connectivity index (χ3n) is 2.89. The van der Waals surface area contributed by atoms with E-state index in [1.54, 1.807) is 0 Å². The van der Waals surface area contributed by atoms with Crippen LogP contribution in [-0.4, -0.2) is 23.3 Å². The van der Waals surface area contributed by atoms with Gasteiger partial charge in [0.25, 0.3) is 0 Å². The lowest BCUT2D eigenvalue weighted by atomic mass is 10.1. The van der Waals surface area contributed by atoms with Gasteiger partial charge in [0.1, 0.15) is 0 Å². The Labute approximate surface area is 103 Å². The van der Waals surface area contributed by atoms with Crippen LogP contribution >= 0.6 is 11.3 Å². The van der Waals surface area contributed by atoms with Gasteiger partial charge in [0.15, 0.2) is 0 Å². The Morgan fingerprint density at radius 3 is 3.29 bits per heavy atom.